The average Bonchev–Trinajstić information content (AvgIpc) is 2.51. The standard InChI is InChI=1S/C8H7Br3.C8H9Br.CCl4/c9-4-6-2-1-3-8(11)7(6)5-10;1-6-4-3-5-8(9)7(6)2;2-1(3,4)5/h1-3H,4-5H2;3-5H,1-2H3;. The van der Waals surface area contributed by atoms with Crippen LogP contribution in [0.1, 0.15) is 22.3 Å². The first-order chi connectivity index (χ1) is 11.5. The van der Waals surface area contributed by atoms with Crippen LogP contribution in [0.4, 0.5) is 0 Å². The van der Waals surface area contributed by atoms with Crippen molar-refractivity contribution in [2.75, 3.05) is 0 Å². The molecule has 0 unspecified atom stereocenters. The Morgan fingerprint density at radius 2 is 1.28 bits per heavy atom. The second-order valence-corrected chi connectivity index (χ2v) is 11.0. The third kappa shape index (κ3) is 12.6. The van der Waals surface area contributed by atoms with Crippen LogP contribution in [0.2, 0.25) is 0 Å². The second-order valence-electron chi connectivity index (χ2n) is 4.76. The summed E-state index contributed by atoms with van der Waals surface area (Å²) >= 11 is 33.1. The van der Waals surface area contributed by atoms with Gasteiger partial charge in [-0.25, -0.2) is 0 Å². The fourth-order valence-electron chi connectivity index (χ4n) is 1.59. The maximum atomic E-state index is 4.83. The van der Waals surface area contributed by atoms with Crippen molar-refractivity contribution in [2.45, 2.75) is 27.8 Å². The summed E-state index contributed by atoms with van der Waals surface area (Å²) in [6.07, 6.45) is 0. The lowest BCUT2D eigenvalue weighted by Crippen LogP contribution is -1.88. The van der Waals surface area contributed by atoms with Gasteiger partial charge in [0.15, 0.2) is 0 Å². The molecule has 0 heterocycles. The van der Waals surface area contributed by atoms with E-state index in [-0.39, 0.29) is 0 Å². The number of rotatable bonds is 2. The number of hydrogen-bond acceptors (Lipinski definition) is 0. The Morgan fingerprint density at radius 1 is 0.800 bits per heavy atom. The SMILES string of the molecule is BrCc1cccc(Br)c1CBr.Cc1cccc(Br)c1C.ClC(Cl)(Cl)Cl. The van der Waals surface area contributed by atoms with Crippen molar-refractivity contribution in [3.05, 3.63) is 67.6 Å². The van der Waals surface area contributed by atoms with Gasteiger partial charge >= 0.3 is 0 Å². The Hall–Kier alpha value is 1.52. The van der Waals surface area contributed by atoms with E-state index in [1.165, 1.54) is 31.2 Å². The molecule has 0 aliphatic rings. The fourth-order valence-corrected chi connectivity index (χ4v) is 4.17. The van der Waals surface area contributed by atoms with Crippen LogP contribution in [0.5, 0.6) is 0 Å². The summed E-state index contributed by atoms with van der Waals surface area (Å²) < 4.78 is 0.758. The third-order valence-corrected chi connectivity index (χ3v) is 5.80. The molecule has 2 aromatic rings. The Labute approximate surface area is 203 Å². The minimum Gasteiger partial charge on any atom is -0.0876 e. The van der Waals surface area contributed by atoms with Gasteiger partial charge in [-0.05, 0) is 48.2 Å². The molecule has 0 amide bonds. The fraction of sp³-hybridized carbons (Fsp3) is 0.294. The van der Waals surface area contributed by atoms with Crippen LogP contribution in [-0.4, -0.2) is 3.25 Å². The Morgan fingerprint density at radius 3 is 1.64 bits per heavy atom. The first kappa shape index (κ1) is 26.5. The van der Waals surface area contributed by atoms with E-state index in [9.17, 15) is 0 Å². The van der Waals surface area contributed by atoms with Gasteiger partial charge < -0.3 is 0 Å². The molecule has 8 heteroatoms. The molecular weight excluding hydrogens is 666 g/mol. The summed E-state index contributed by atoms with van der Waals surface area (Å²) in [6, 6.07) is 12.4. The molecule has 0 fully saturated rings. The molecule has 0 atom stereocenters. The summed E-state index contributed by atoms with van der Waals surface area (Å²) in [5.41, 5.74) is 5.32. The highest BCUT2D eigenvalue weighted by Crippen LogP contribution is 2.29. The average molecular weight is 682 g/mol. The molecule has 0 saturated carbocycles. The van der Waals surface area contributed by atoms with E-state index in [4.69, 9.17) is 46.4 Å². The molecule has 0 aliphatic heterocycles. The summed E-state index contributed by atoms with van der Waals surface area (Å²) in [6.45, 7) is 4.22. The molecule has 0 spiro atoms. The molecule has 0 nitrogen and oxygen atoms in total. The number of alkyl halides is 6. The van der Waals surface area contributed by atoms with Gasteiger partial charge in [-0.2, -0.15) is 0 Å². The van der Waals surface area contributed by atoms with Gasteiger partial charge in [0.2, 0.25) is 0 Å². The van der Waals surface area contributed by atoms with Gasteiger partial charge in [-0.1, -0.05) is 134 Å². The van der Waals surface area contributed by atoms with Crippen molar-refractivity contribution in [3.8, 4) is 0 Å². The molecular formula is C17H16Br4Cl4. The van der Waals surface area contributed by atoms with E-state index in [0.717, 1.165) is 10.7 Å². The van der Waals surface area contributed by atoms with Gasteiger partial charge in [0.25, 0.3) is 3.25 Å². The molecule has 140 valence electrons. The number of benzene rings is 2. The lowest BCUT2D eigenvalue weighted by Gasteiger charge is -2.05. The van der Waals surface area contributed by atoms with Crippen molar-refractivity contribution in [3.63, 3.8) is 0 Å². The maximum absolute atomic E-state index is 4.83. The van der Waals surface area contributed by atoms with E-state index in [2.05, 4.69) is 102 Å². The zero-order chi connectivity index (χ0) is 19.6. The largest absolute Gasteiger partial charge is 0.266 e. The normalized spacial score (nSPS) is 10.3. The molecule has 0 bridgehead atoms. The Balaban J connectivity index is 0.000000372. The highest BCUT2D eigenvalue weighted by atomic mass is 79.9. The Kier molecular flexibility index (Phi) is 14.5. The highest BCUT2D eigenvalue weighted by molar-refractivity contribution is 9.11. The van der Waals surface area contributed by atoms with Crippen molar-refractivity contribution in [2.24, 2.45) is 0 Å². The third-order valence-electron chi connectivity index (χ3n) is 3.03. The Bertz CT molecular complexity index is 631. The molecule has 2 rings (SSSR count). The molecule has 25 heavy (non-hydrogen) atoms. The van der Waals surface area contributed by atoms with Crippen molar-refractivity contribution in [1.29, 1.82) is 0 Å². The number of hydrogen-bond donors (Lipinski definition) is 0. The van der Waals surface area contributed by atoms with Crippen LogP contribution in [0.15, 0.2) is 45.3 Å². The summed E-state index contributed by atoms with van der Waals surface area (Å²) in [5.74, 6) is 0. The highest BCUT2D eigenvalue weighted by Gasteiger charge is 2.11. The van der Waals surface area contributed by atoms with E-state index in [1.54, 1.807) is 0 Å². The quantitative estimate of drug-likeness (QED) is 0.277. The minimum atomic E-state index is -1.61. The predicted octanol–water partition coefficient (Wildman–Crippen LogP) is 9.86. The van der Waals surface area contributed by atoms with Gasteiger partial charge in [0.05, 0.1) is 0 Å². The van der Waals surface area contributed by atoms with Crippen LogP contribution < -0.4 is 0 Å². The molecule has 2 aromatic carbocycles. The van der Waals surface area contributed by atoms with Crippen molar-refractivity contribution in [1.82, 2.24) is 0 Å². The molecule has 0 radical (unpaired) electrons. The first-order valence-corrected chi connectivity index (χ1v) is 12.2. The first-order valence-electron chi connectivity index (χ1n) is 6.86. The molecule has 0 aliphatic carbocycles. The van der Waals surface area contributed by atoms with Gasteiger partial charge in [-0.15, -0.1) is 0 Å². The molecule has 0 saturated heterocycles. The van der Waals surface area contributed by atoms with E-state index >= 15 is 0 Å². The zero-order valence-electron chi connectivity index (χ0n) is 13.4. The van der Waals surface area contributed by atoms with Crippen LogP contribution in [0.3, 0.4) is 0 Å². The summed E-state index contributed by atoms with van der Waals surface area (Å²) in [4.78, 5) is 0. The zero-order valence-corrected chi connectivity index (χ0v) is 22.8. The van der Waals surface area contributed by atoms with Gasteiger partial charge in [-0.3, -0.25) is 0 Å². The molecule has 0 aromatic heterocycles. The van der Waals surface area contributed by atoms with Crippen molar-refractivity contribution < 1.29 is 0 Å². The topological polar surface area (TPSA) is 0 Å². The monoisotopic (exact) mass is 676 g/mol. The van der Waals surface area contributed by atoms with Crippen LogP contribution in [-0.2, 0) is 10.7 Å². The smallest absolute Gasteiger partial charge is 0.0876 e. The minimum absolute atomic E-state index is 0.898. The predicted molar refractivity (Wildman–Crippen MR) is 129 cm³/mol. The van der Waals surface area contributed by atoms with Crippen molar-refractivity contribution >= 4 is 110 Å². The van der Waals surface area contributed by atoms with Gasteiger partial charge in [0, 0.05) is 19.6 Å². The summed E-state index contributed by atoms with van der Waals surface area (Å²) in [5, 5.41) is 1.81. The maximum Gasteiger partial charge on any atom is 0.266 e. The van der Waals surface area contributed by atoms with Gasteiger partial charge in [0.1, 0.15) is 0 Å². The van der Waals surface area contributed by atoms with E-state index < -0.39 is 3.25 Å². The van der Waals surface area contributed by atoms with E-state index in [0.29, 0.717) is 0 Å². The van der Waals surface area contributed by atoms with Crippen LogP contribution in [0.25, 0.3) is 0 Å². The number of halogens is 8. The number of aryl methyl sites for hydroxylation is 1. The van der Waals surface area contributed by atoms with Crippen LogP contribution in [0, 0.1) is 13.8 Å². The lowest BCUT2D eigenvalue weighted by atomic mass is 10.1. The summed E-state index contributed by atoms with van der Waals surface area (Å²) in [7, 11) is 0. The second kappa shape index (κ2) is 13.7. The lowest BCUT2D eigenvalue weighted by molar-refractivity contribution is 1.28. The van der Waals surface area contributed by atoms with E-state index in [1.807, 2.05) is 12.1 Å². The molecule has 0 N–H and O–H groups in total. The van der Waals surface area contributed by atoms with Crippen LogP contribution >= 0.6 is 110 Å².